The molecule has 0 atom stereocenters. The maximum Gasteiger partial charge on any atom is 0.257 e. The van der Waals surface area contributed by atoms with E-state index in [-0.39, 0.29) is 5.91 Å². The van der Waals surface area contributed by atoms with Gasteiger partial charge in [0.2, 0.25) is 5.75 Å². The van der Waals surface area contributed by atoms with Gasteiger partial charge in [0.1, 0.15) is 0 Å². The lowest BCUT2D eigenvalue weighted by Crippen LogP contribution is -2.48. The summed E-state index contributed by atoms with van der Waals surface area (Å²) in [5, 5.41) is 4.77. The highest BCUT2D eigenvalue weighted by atomic mass is 16.5. The number of benzene rings is 2. The summed E-state index contributed by atoms with van der Waals surface area (Å²) in [5.41, 5.74) is 4.97. The third-order valence-electron chi connectivity index (χ3n) is 6.42. The Labute approximate surface area is 200 Å². The van der Waals surface area contributed by atoms with Gasteiger partial charge in [-0.3, -0.25) is 9.69 Å². The summed E-state index contributed by atoms with van der Waals surface area (Å²) in [7, 11) is 4.63. The predicted molar refractivity (Wildman–Crippen MR) is 130 cm³/mol. The number of nitrogens with zero attached hydrogens (tertiary/aromatic N) is 4. The van der Waals surface area contributed by atoms with Crippen LogP contribution in [0.3, 0.4) is 0 Å². The molecule has 1 fully saturated rings. The van der Waals surface area contributed by atoms with Gasteiger partial charge < -0.3 is 19.1 Å². The van der Waals surface area contributed by atoms with Crippen LogP contribution in [0.2, 0.25) is 0 Å². The molecular formula is C26H32N4O4. The molecule has 1 amide bonds. The number of aromatic nitrogens is 2. The van der Waals surface area contributed by atoms with E-state index in [1.54, 1.807) is 19.2 Å². The highest BCUT2D eigenvalue weighted by Gasteiger charge is 2.28. The Kier molecular flexibility index (Phi) is 7.07. The molecule has 8 nitrogen and oxygen atoms in total. The standard InChI is InChI=1S/C26H32N4O4/c1-18-22(19(2)30(27-18)20-9-7-6-8-10-20)17-28-13-15-29(16-14-28)26(31)21-11-12-23(32-3)25(34-5)24(21)33-4/h6-12H,13-17H2,1-5H3. The summed E-state index contributed by atoms with van der Waals surface area (Å²) < 4.78 is 18.3. The van der Waals surface area contributed by atoms with Crippen molar-refractivity contribution in [2.45, 2.75) is 20.4 Å². The minimum absolute atomic E-state index is 0.0679. The Hall–Kier alpha value is -3.52. The number of carbonyl (C=O) groups is 1. The molecule has 0 spiro atoms. The second kappa shape index (κ2) is 10.2. The zero-order valence-electron chi connectivity index (χ0n) is 20.5. The van der Waals surface area contributed by atoms with Crippen molar-refractivity contribution in [3.05, 3.63) is 65.0 Å². The number of hydrogen-bond donors (Lipinski definition) is 0. The molecule has 0 aliphatic carbocycles. The number of methoxy groups -OCH3 is 3. The molecule has 4 rings (SSSR count). The van der Waals surface area contributed by atoms with Gasteiger partial charge in [0.05, 0.1) is 38.3 Å². The monoisotopic (exact) mass is 464 g/mol. The van der Waals surface area contributed by atoms with Crippen LogP contribution in [0, 0.1) is 13.8 Å². The second-order valence-electron chi connectivity index (χ2n) is 8.35. The number of hydrogen-bond acceptors (Lipinski definition) is 6. The quantitative estimate of drug-likeness (QED) is 0.533. The number of aryl methyl sites for hydroxylation is 1. The van der Waals surface area contributed by atoms with E-state index in [0.29, 0.717) is 35.9 Å². The summed E-state index contributed by atoms with van der Waals surface area (Å²) in [5.74, 6) is 1.29. The lowest BCUT2D eigenvalue weighted by Gasteiger charge is -2.35. The third-order valence-corrected chi connectivity index (χ3v) is 6.42. The normalized spacial score (nSPS) is 14.2. The largest absolute Gasteiger partial charge is 0.493 e. The third kappa shape index (κ3) is 4.46. The van der Waals surface area contributed by atoms with Gasteiger partial charge in [0.25, 0.3) is 5.91 Å². The Morgan fingerprint density at radius 3 is 2.18 bits per heavy atom. The fourth-order valence-electron chi connectivity index (χ4n) is 4.50. The smallest absolute Gasteiger partial charge is 0.257 e. The first-order chi connectivity index (χ1) is 16.5. The Morgan fingerprint density at radius 2 is 1.56 bits per heavy atom. The molecule has 1 aromatic heterocycles. The van der Waals surface area contributed by atoms with Gasteiger partial charge in [-0.2, -0.15) is 5.10 Å². The Balaban J connectivity index is 1.45. The van der Waals surface area contributed by atoms with Crippen LogP contribution in [-0.2, 0) is 6.54 Å². The van der Waals surface area contributed by atoms with Crippen LogP contribution in [0.1, 0.15) is 27.3 Å². The second-order valence-corrected chi connectivity index (χ2v) is 8.35. The first kappa shape index (κ1) is 23.6. The molecule has 0 N–H and O–H groups in total. The number of amides is 1. The van der Waals surface area contributed by atoms with Gasteiger partial charge in [0, 0.05) is 44.0 Å². The number of rotatable bonds is 7. The summed E-state index contributed by atoms with van der Waals surface area (Å²) in [6.07, 6.45) is 0. The van der Waals surface area contributed by atoms with Crippen LogP contribution in [0.4, 0.5) is 0 Å². The minimum atomic E-state index is -0.0679. The lowest BCUT2D eigenvalue weighted by atomic mass is 10.1. The van der Waals surface area contributed by atoms with Crippen molar-refractivity contribution in [3.63, 3.8) is 0 Å². The molecule has 1 aliphatic rings. The zero-order valence-corrected chi connectivity index (χ0v) is 20.5. The van der Waals surface area contributed by atoms with Gasteiger partial charge in [0.15, 0.2) is 11.5 Å². The SMILES string of the molecule is COc1ccc(C(=O)N2CCN(Cc3c(C)nn(-c4ccccc4)c3C)CC2)c(OC)c1OC. The van der Waals surface area contributed by atoms with Crippen LogP contribution >= 0.6 is 0 Å². The van der Waals surface area contributed by atoms with E-state index >= 15 is 0 Å². The molecule has 2 aromatic carbocycles. The van der Waals surface area contributed by atoms with E-state index in [2.05, 4.69) is 30.9 Å². The predicted octanol–water partition coefficient (Wildman–Crippen LogP) is 3.47. The molecule has 0 saturated carbocycles. The summed E-state index contributed by atoms with van der Waals surface area (Å²) in [6, 6.07) is 13.7. The Bertz CT molecular complexity index is 1150. The molecule has 0 radical (unpaired) electrons. The van der Waals surface area contributed by atoms with Crippen molar-refractivity contribution >= 4 is 5.91 Å². The first-order valence-electron chi connectivity index (χ1n) is 11.4. The van der Waals surface area contributed by atoms with Crippen LogP contribution in [0.15, 0.2) is 42.5 Å². The van der Waals surface area contributed by atoms with Crippen LogP contribution in [0.5, 0.6) is 17.2 Å². The van der Waals surface area contributed by atoms with Gasteiger partial charge in [-0.15, -0.1) is 0 Å². The molecule has 0 unspecified atom stereocenters. The zero-order chi connectivity index (χ0) is 24.2. The lowest BCUT2D eigenvalue weighted by molar-refractivity contribution is 0.0624. The molecule has 1 aliphatic heterocycles. The van der Waals surface area contributed by atoms with Crippen molar-refractivity contribution in [2.75, 3.05) is 47.5 Å². The summed E-state index contributed by atoms with van der Waals surface area (Å²) in [4.78, 5) is 17.5. The van der Waals surface area contributed by atoms with Crippen molar-refractivity contribution in [2.24, 2.45) is 0 Å². The van der Waals surface area contributed by atoms with Crippen LogP contribution in [0.25, 0.3) is 5.69 Å². The minimum Gasteiger partial charge on any atom is -0.493 e. The Morgan fingerprint density at radius 1 is 0.882 bits per heavy atom. The van der Waals surface area contributed by atoms with Crippen LogP contribution < -0.4 is 14.2 Å². The number of piperazine rings is 1. The fourth-order valence-corrected chi connectivity index (χ4v) is 4.50. The summed E-state index contributed by atoms with van der Waals surface area (Å²) >= 11 is 0. The van der Waals surface area contributed by atoms with Gasteiger partial charge in [-0.1, -0.05) is 18.2 Å². The molecule has 34 heavy (non-hydrogen) atoms. The summed E-state index contributed by atoms with van der Waals surface area (Å²) in [6.45, 7) is 7.85. The number of para-hydroxylation sites is 1. The highest BCUT2D eigenvalue weighted by Crippen LogP contribution is 2.40. The van der Waals surface area contributed by atoms with Gasteiger partial charge in [-0.05, 0) is 38.1 Å². The molecule has 180 valence electrons. The molecule has 1 saturated heterocycles. The fraction of sp³-hybridized carbons (Fsp3) is 0.385. The maximum atomic E-state index is 13.3. The van der Waals surface area contributed by atoms with Gasteiger partial charge in [-0.25, -0.2) is 4.68 Å². The van der Waals surface area contributed by atoms with E-state index < -0.39 is 0 Å². The first-order valence-corrected chi connectivity index (χ1v) is 11.4. The van der Waals surface area contributed by atoms with Crippen LogP contribution in [-0.4, -0.2) is 73.0 Å². The molecule has 2 heterocycles. The molecular weight excluding hydrogens is 432 g/mol. The van der Waals surface area contributed by atoms with E-state index in [1.807, 2.05) is 27.8 Å². The highest BCUT2D eigenvalue weighted by molar-refractivity contribution is 5.98. The number of carbonyl (C=O) groups excluding carboxylic acids is 1. The molecule has 3 aromatic rings. The average Bonchev–Trinajstić information content (AvgIpc) is 3.16. The van der Waals surface area contributed by atoms with E-state index in [4.69, 9.17) is 19.3 Å². The maximum absolute atomic E-state index is 13.3. The molecule has 8 heteroatoms. The van der Waals surface area contributed by atoms with Gasteiger partial charge >= 0.3 is 0 Å². The van der Waals surface area contributed by atoms with Crippen molar-refractivity contribution in [1.82, 2.24) is 19.6 Å². The average molecular weight is 465 g/mol. The topological polar surface area (TPSA) is 69.1 Å². The molecule has 0 bridgehead atoms. The van der Waals surface area contributed by atoms with E-state index in [9.17, 15) is 4.79 Å². The van der Waals surface area contributed by atoms with Crippen molar-refractivity contribution < 1.29 is 19.0 Å². The number of ether oxygens (including phenoxy) is 3. The van der Waals surface area contributed by atoms with Crippen molar-refractivity contribution in [3.8, 4) is 22.9 Å². The van der Waals surface area contributed by atoms with Crippen molar-refractivity contribution in [1.29, 1.82) is 0 Å². The van der Waals surface area contributed by atoms with E-state index in [1.165, 1.54) is 19.8 Å². The van der Waals surface area contributed by atoms with E-state index in [0.717, 1.165) is 36.7 Å².